The highest BCUT2D eigenvalue weighted by atomic mass is 16.6. The maximum Gasteiger partial charge on any atom is 0.408 e. The maximum absolute atomic E-state index is 14.1. The third-order valence-electron chi connectivity index (χ3n) is 8.16. The highest BCUT2D eigenvalue weighted by molar-refractivity contribution is 5.86. The standard InChI is InChI=1S/C38H65N3O6/c1-6-8-10-11-12-13-14-15-16-17-21-25-32(29-34(39)42)41(28-9-7-2)36(44)33(40-37(45)47-38(3,4)5)26-22-27-35(43)46-30-31-23-19-18-20-24-31/h18-20,23-24,32-33H,6-17,21-22,25-30H2,1-5H3,(H2,39,42)(H,40,45)/t32-,33-/m0/s1. The van der Waals surface area contributed by atoms with Crippen LogP contribution in [0.3, 0.4) is 0 Å². The fourth-order valence-corrected chi connectivity index (χ4v) is 5.61. The molecule has 9 nitrogen and oxygen atoms in total. The van der Waals surface area contributed by atoms with Gasteiger partial charge in [-0.1, -0.05) is 121 Å². The van der Waals surface area contributed by atoms with Crippen LogP contribution in [0.5, 0.6) is 0 Å². The zero-order chi connectivity index (χ0) is 34.9. The van der Waals surface area contributed by atoms with Gasteiger partial charge in [0.25, 0.3) is 0 Å². The summed E-state index contributed by atoms with van der Waals surface area (Å²) in [4.78, 5) is 53.4. The number of nitrogens with zero attached hydrogens (tertiary/aromatic N) is 1. The zero-order valence-corrected chi connectivity index (χ0v) is 30.2. The topological polar surface area (TPSA) is 128 Å². The summed E-state index contributed by atoms with van der Waals surface area (Å²) >= 11 is 0. The summed E-state index contributed by atoms with van der Waals surface area (Å²) < 4.78 is 10.9. The van der Waals surface area contributed by atoms with Crippen molar-refractivity contribution < 1.29 is 28.7 Å². The largest absolute Gasteiger partial charge is 0.461 e. The fourth-order valence-electron chi connectivity index (χ4n) is 5.61. The van der Waals surface area contributed by atoms with E-state index in [9.17, 15) is 19.2 Å². The summed E-state index contributed by atoms with van der Waals surface area (Å²) in [7, 11) is 0. The molecular weight excluding hydrogens is 594 g/mol. The molecule has 268 valence electrons. The van der Waals surface area contributed by atoms with E-state index in [2.05, 4.69) is 12.2 Å². The lowest BCUT2D eigenvalue weighted by Crippen LogP contribution is -2.53. The number of alkyl carbamates (subject to hydrolysis) is 1. The first-order valence-corrected chi connectivity index (χ1v) is 18.2. The van der Waals surface area contributed by atoms with Crippen LogP contribution in [0.2, 0.25) is 0 Å². The van der Waals surface area contributed by atoms with Gasteiger partial charge in [-0.25, -0.2) is 4.79 Å². The first-order chi connectivity index (χ1) is 22.5. The highest BCUT2D eigenvalue weighted by Gasteiger charge is 2.32. The molecule has 1 aromatic rings. The Kier molecular flexibility index (Phi) is 22.3. The van der Waals surface area contributed by atoms with Gasteiger partial charge in [-0.15, -0.1) is 0 Å². The monoisotopic (exact) mass is 659 g/mol. The van der Waals surface area contributed by atoms with E-state index in [0.717, 1.165) is 37.7 Å². The van der Waals surface area contributed by atoms with E-state index in [-0.39, 0.29) is 43.8 Å². The van der Waals surface area contributed by atoms with E-state index in [0.29, 0.717) is 19.4 Å². The molecule has 0 aliphatic rings. The zero-order valence-electron chi connectivity index (χ0n) is 30.2. The Morgan fingerprint density at radius 1 is 0.787 bits per heavy atom. The summed E-state index contributed by atoms with van der Waals surface area (Å²) in [5.74, 6) is -1.11. The maximum atomic E-state index is 14.1. The minimum Gasteiger partial charge on any atom is -0.461 e. The average molecular weight is 660 g/mol. The van der Waals surface area contributed by atoms with E-state index in [1.54, 1.807) is 25.7 Å². The van der Waals surface area contributed by atoms with Crippen LogP contribution in [0.4, 0.5) is 4.79 Å². The van der Waals surface area contributed by atoms with Crippen LogP contribution in [0.15, 0.2) is 30.3 Å². The molecule has 0 bridgehead atoms. The Bertz CT molecular complexity index is 1010. The van der Waals surface area contributed by atoms with Crippen LogP contribution in [0.1, 0.15) is 156 Å². The average Bonchev–Trinajstić information content (AvgIpc) is 3.01. The summed E-state index contributed by atoms with van der Waals surface area (Å²) in [6, 6.07) is 8.16. The number of rotatable bonds is 26. The van der Waals surface area contributed by atoms with E-state index >= 15 is 0 Å². The highest BCUT2D eigenvalue weighted by Crippen LogP contribution is 2.20. The number of ether oxygens (including phenoxy) is 2. The number of unbranched alkanes of at least 4 members (excludes halogenated alkanes) is 11. The molecule has 0 fully saturated rings. The minimum absolute atomic E-state index is 0.0676. The normalized spacial score (nSPS) is 12.6. The van der Waals surface area contributed by atoms with Gasteiger partial charge >= 0.3 is 12.1 Å². The summed E-state index contributed by atoms with van der Waals surface area (Å²) in [5, 5.41) is 2.76. The molecule has 0 radical (unpaired) electrons. The number of carbonyl (C=O) groups is 4. The molecule has 0 aliphatic carbocycles. The Morgan fingerprint density at radius 3 is 1.91 bits per heavy atom. The second-order valence-corrected chi connectivity index (χ2v) is 13.8. The molecule has 3 N–H and O–H groups in total. The van der Waals surface area contributed by atoms with Crippen molar-refractivity contribution in [1.82, 2.24) is 10.2 Å². The number of hydrogen-bond donors (Lipinski definition) is 2. The van der Waals surface area contributed by atoms with Crippen LogP contribution in [0.25, 0.3) is 0 Å². The molecule has 0 aromatic heterocycles. The molecule has 1 aromatic carbocycles. The van der Waals surface area contributed by atoms with Crippen LogP contribution < -0.4 is 11.1 Å². The van der Waals surface area contributed by atoms with Crippen molar-refractivity contribution in [3.63, 3.8) is 0 Å². The number of nitrogens with two attached hydrogens (primary N) is 1. The van der Waals surface area contributed by atoms with Crippen molar-refractivity contribution >= 4 is 23.9 Å². The predicted octanol–water partition coefficient (Wildman–Crippen LogP) is 8.37. The first-order valence-electron chi connectivity index (χ1n) is 18.2. The number of amides is 3. The van der Waals surface area contributed by atoms with E-state index in [1.807, 2.05) is 37.3 Å². The van der Waals surface area contributed by atoms with Crippen LogP contribution in [-0.4, -0.2) is 53.0 Å². The quantitative estimate of drug-likeness (QED) is 0.0760. The van der Waals surface area contributed by atoms with Gasteiger partial charge in [0.1, 0.15) is 18.2 Å². The van der Waals surface area contributed by atoms with Gasteiger partial charge in [0.05, 0.1) is 0 Å². The van der Waals surface area contributed by atoms with Crippen LogP contribution in [-0.2, 0) is 30.5 Å². The van der Waals surface area contributed by atoms with Gasteiger partial charge in [-0.05, 0) is 52.0 Å². The smallest absolute Gasteiger partial charge is 0.408 e. The van der Waals surface area contributed by atoms with E-state index in [1.165, 1.54) is 51.4 Å². The Hall–Kier alpha value is -3.10. The number of esters is 1. The predicted molar refractivity (Wildman–Crippen MR) is 189 cm³/mol. The fraction of sp³-hybridized carbons (Fsp3) is 0.737. The summed E-state index contributed by atoms with van der Waals surface area (Å²) in [6.07, 6.45) is 15.7. The Labute approximate surface area is 285 Å². The molecule has 0 saturated carbocycles. The molecule has 1 rings (SSSR count). The number of carbonyl (C=O) groups excluding carboxylic acids is 4. The lowest BCUT2D eigenvalue weighted by atomic mass is 9.99. The number of primary amides is 1. The van der Waals surface area contributed by atoms with Crippen molar-refractivity contribution in [3.8, 4) is 0 Å². The first kappa shape index (κ1) is 41.9. The SMILES string of the molecule is CCCCCCCCCCCCC[C@@H](CC(N)=O)N(CCCC)C(=O)[C@H](CCCC(=O)OCc1ccccc1)NC(=O)OC(C)(C)C. The number of hydrogen-bond acceptors (Lipinski definition) is 6. The van der Waals surface area contributed by atoms with Crippen molar-refractivity contribution in [2.45, 2.75) is 174 Å². The van der Waals surface area contributed by atoms with Crippen molar-refractivity contribution in [1.29, 1.82) is 0 Å². The van der Waals surface area contributed by atoms with Gasteiger partial charge < -0.3 is 25.4 Å². The molecule has 0 spiro atoms. The third kappa shape index (κ3) is 21.4. The summed E-state index contributed by atoms with van der Waals surface area (Å²) in [5.41, 5.74) is 5.83. The third-order valence-corrected chi connectivity index (χ3v) is 8.16. The summed E-state index contributed by atoms with van der Waals surface area (Å²) in [6.45, 7) is 10.2. The molecule has 2 atom stereocenters. The molecule has 0 unspecified atom stereocenters. The second kappa shape index (κ2) is 25.0. The van der Waals surface area contributed by atoms with E-state index in [4.69, 9.17) is 15.2 Å². The molecule has 47 heavy (non-hydrogen) atoms. The molecule has 9 heteroatoms. The van der Waals surface area contributed by atoms with Gasteiger partial charge in [0.15, 0.2) is 0 Å². The van der Waals surface area contributed by atoms with Gasteiger partial charge in [-0.2, -0.15) is 0 Å². The van der Waals surface area contributed by atoms with Crippen LogP contribution in [0, 0.1) is 0 Å². The van der Waals surface area contributed by atoms with Crippen molar-refractivity contribution in [2.75, 3.05) is 6.54 Å². The number of nitrogens with one attached hydrogen (secondary N) is 1. The van der Waals surface area contributed by atoms with Gasteiger partial charge in [-0.3, -0.25) is 14.4 Å². The second-order valence-electron chi connectivity index (χ2n) is 13.8. The number of benzene rings is 1. The van der Waals surface area contributed by atoms with Gasteiger partial charge in [0.2, 0.25) is 11.8 Å². The minimum atomic E-state index is -0.920. The molecule has 0 saturated heterocycles. The molecule has 0 heterocycles. The van der Waals surface area contributed by atoms with Crippen molar-refractivity contribution in [3.05, 3.63) is 35.9 Å². The van der Waals surface area contributed by atoms with E-state index < -0.39 is 23.6 Å². The molecule has 3 amide bonds. The Balaban J connectivity index is 2.87. The van der Waals surface area contributed by atoms with Crippen LogP contribution >= 0.6 is 0 Å². The Morgan fingerprint density at radius 2 is 1.36 bits per heavy atom. The molecular formula is C38H65N3O6. The van der Waals surface area contributed by atoms with Gasteiger partial charge in [0, 0.05) is 25.4 Å². The lowest BCUT2D eigenvalue weighted by molar-refractivity contribution is -0.145. The van der Waals surface area contributed by atoms with Crippen molar-refractivity contribution in [2.24, 2.45) is 5.73 Å². The molecule has 0 aliphatic heterocycles. The lowest BCUT2D eigenvalue weighted by Gasteiger charge is -2.35.